The molecular weight excluding hydrogens is 408 g/mol. The molecule has 29 heavy (non-hydrogen) atoms. The van der Waals surface area contributed by atoms with E-state index in [1.165, 1.54) is 23.3 Å². The van der Waals surface area contributed by atoms with Gasteiger partial charge in [-0.05, 0) is 48.6 Å². The number of carbonyl (C=O) groups excluding carboxylic acids is 2. The van der Waals surface area contributed by atoms with Gasteiger partial charge < -0.3 is 0 Å². The van der Waals surface area contributed by atoms with Gasteiger partial charge in [0.25, 0.3) is 11.8 Å². The van der Waals surface area contributed by atoms with Crippen LogP contribution in [0.5, 0.6) is 0 Å². The Kier molecular flexibility index (Phi) is 5.10. The zero-order valence-electron chi connectivity index (χ0n) is 15.1. The Morgan fingerprint density at radius 1 is 1.10 bits per heavy atom. The molecule has 3 aromatic heterocycles. The third-order valence-electron chi connectivity index (χ3n) is 4.10. The second-order valence-corrected chi connectivity index (χ2v) is 7.43. The van der Waals surface area contributed by atoms with E-state index in [1.54, 1.807) is 36.9 Å². The van der Waals surface area contributed by atoms with E-state index < -0.39 is 11.8 Å². The van der Waals surface area contributed by atoms with E-state index in [0.29, 0.717) is 5.95 Å². The molecule has 0 spiro atoms. The van der Waals surface area contributed by atoms with E-state index in [1.807, 2.05) is 29.2 Å². The van der Waals surface area contributed by atoms with Crippen molar-refractivity contribution in [1.82, 2.24) is 25.2 Å². The highest BCUT2D eigenvalue weighted by molar-refractivity contribution is 7.80. The van der Waals surface area contributed by atoms with Crippen LogP contribution in [0.1, 0.15) is 4.88 Å². The van der Waals surface area contributed by atoms with E-state index >= 15 is 0 Å². The molecule has 144 valence electrons. The van der Waals surface area contributed by atoms with Crippen molar-refractivity contribution in [1.29, 1.82) is 0 Å². The summed E-state index contributed by atoms with van der Waals surface area (Å²) in [6.07, 6.45) is 8.26. The number of nitrogens with zero attached hydrogens (tertiary/aromatic N) is 5. The molecule has 1 N–H and O–H groups in total. The molecule has 0 unspecified atom stereocenters. The fourth-order valence-corrected chi connectivity index (χ4v) is 3.81. The number of thiocarbonyl (C=S) groups is 1. The van der Waals surface area contributed by atoms with Crippen LogP contribution >= 0.6 is 23.6 Å². The van der Waals surface area contributed by atoms with Crippen molar-refractivity contribution in [3.63, 3.8) is 0 Å². The average Bonchev–Trinajstić information content (AvgIpc) is 3.19. The number of carbonyl (C=O) groups is 2. The molecule has 0 bridgehead atoms. The summed E-state index contributed by atoms with van der Waals surface area (Å²) in [5.74, 6) is -0.451. The smallest absolute Gasteiger partial charge is 0.265 e. The van der Waals surface area contributed by atoms with Gasteiger partial charge in [0.05, 0.1) is 5.69 Å². The van der Waals surface area contributed by atoms with Crippen LogP contribution in [0.4, 0.5) is 16.6 Å². The summed E-state index contributed by atoms with van der Waals surface area (Å²) in [6, 6.07) is 9.15. The van der Waals surface area contributed by atoms with Crippen molar-refractivity contribution in [2.24, 2.45) is 0 Å². The normalized spacial score (nSPS) is 15.6. The van der Waals surface area contributed by atoms with Gasteiger partial charge >= 0.3 is 0 Å². The van der Waals surface area contributed by atoms with E-state index in [9.17, 15) is 9.59 Å². The molecule has 0 saturated carbocycles. The number of thiophene rings is 1. The standard InChI is InChI=1S/C19H14N6O2S2/c1-24-17(27)14(16(26)23-19(24)28)11-13-3-4-15(29-13)25(12-5-9-20-10-6-12)18-21-7-2-8-22-18/h2-11H,1H3,(H,23,26,28)/b14-11+. The van der Waals surface area contributed by atoms with Gasteiger partial charge in [-0.2, -0.15) is 0 Å². The van der Waals surface area contributed by atoms with Crippen LogP contribution in [0.2, 0.25) is 0 Å². The summed E-state index contributed by atoms with van der Waals surface area (Å²) in [4.78, 5) is 41.2. The average molecular weight is 422 g/mol. The molecule has 0 radical (unpaired) electrons. The van der Waals surface area contributed by atoms with Gasteiger partial charge in [-0.15, -0.1) is 11.3 Å². The SMILES string of the molecule is CN1C(=O)/C(=C/c2ccc(N(c3ccncc3)c3ncccn3)s2)C(=O)NC1=S. The Morgan fingerprint density at radius 2 is 1.83 bits per heavy atom. The van der Waals surface area contributed by atoms with Gasteiger partial charge in [0.2, 0.25) is 5.95 Å². The first kappa shape index (κ1) is 18.8. The molecule has 0 atom stereocenters. The van der Waals surface area contributed by atoms with Crippen LogP contribution in [-0.4, -0.2) is 43.8 Å². The lowest BCUT2D eigenvalue weighted by Crippen LogP contribution is -2.52. The number of rotatable bonds is 4. The molecule has 8 nitrogen and oxygen atoms in total. The fourth-order valence-electron chi connectivity index (χ4n) is 2.67. The number of pyridine rings is 1. The maximum Gasteiger partial charge on any atom is 0.265 e. The van der Waals surface area contributed by atoms with Gasteiger partial charge in [0.15, 0.2) is 5.11 Å². The van der Waals surface area contributed by atoms with Crippen molar-refractivity contribution in [3.05, 3.63) is 65.6 Å². The highest BCUT2D eigenvalue weighted by Crippen LogP contribution is 2.37. The molecule has 3 aromatic rings. The minimum absolute atomic E-state index is 0.0286. The van der Waals surface area contributed by atoms with Crippen LogP contribution in [0.3, 0.4) is 0 Å². The number of anilines is 3. The molecular formula is C19H14N6O2S2. The predicted molar refractivity (Wildman–Crippen MR) is 114 cm³/mol. The molecule has 1 fully saturated rings. The second-order valence-electron chi connectivity index (χ2n) is 5.95. The molecule has 4 rings (SSSR count). The van der Waals surface area contributed by atoms with Crippen LogP contribution in [0.15, 0.2) is 60.7 Å². The van der Waals surface area contributed by atoms with E-state index in [2.05, 4.69) is 20.3 Å². The Hall–Kier alpha value is -3.50. The first-order valence-electron chi connectivity index (χ1n) is 8.46. The molecule has 0 aliphatic carbocycles. The monoisotopic (exact) mass is 422 g/mol. The van der Waals surface area contributed by atoms with Crippen molar-refractivity contribution in [2.75, 3.05) is 11.9 Å². The summed E-state index contributed by atoms with van der Waals surface area (Å²) in [5.41, 5.74) is 0.866. The lowest BCUT2D eigenvalue weighted by atomic mass is 10.1. The van der Waals surface area contributed by atoms with Crippen LogP contribution in [0, 0.1) is 0 Å². The molecule has 4 heterocycles. The third kappa shape index (κ3) is 3.75. The van der Waals surface area contributed by atoms with Gasteiger partial charge in [0.1, 0.15) is 10.6 Å². The van der Waals surface area contributed by atoms with E-state index in [4.69, 9.17) is 12.2 Å². The first-order chi connectivity index (χ1) is 14.0. The Labute approximate surface area is 175 Å². The van der Waals surface area contributed by atoms with Gasteiger partial charge in [-0.1, -0.05) is 0 Å². The number of hydrogen-bond donors (Lipinski definition) is 1. The van der Waals surface area contributed by atoms with Gasteiger partial charge in [-0.25, -0.2) is 9.97 Å². The van der Waals surface area contributed by atoms with Crippen molar-refractivity contribution in [2.45, 2.75) is 0 Å². The molecule has 2 amide bonds. The van der Waals surface area contributed by atoms with E-state index in [0.717, 1.165) is 15.6 Å². The van der Waals surface area contributed by atoms with Crippen LogP contribution < -0.4 is 10.2 Å². The van der Waals surface area contributed by atoms with Gasteiger partial charge in [0, 0.05) is 36.7 Å². The van der Waals surface area contributed by atoms with Crippen molar-refractivity contribution >= 4 is 63.2 Å². The minimum Gasteiger partial charge on any atom is -0.298 e. The van der Waals surface area contributed by atoms with Crippen LogP contribution in [0.25, 0.3) is 6.08 Å². The number of amides is 2. The zero-order chi connectivity index (χ0) is 20.4. The molecule has 1 saturated heterocycles. The fraction of sp³-hybridized carbons (Fsp3) is 0.0526. The second kappa shape index (κ2) is 7.86. The number of aromatic nitrogens is 3. The number of hydrogen-bond acceptors (Lipinski definition) is 8. The lowest BCUT2D eigenvalue weighted by molar-refractivity contribution is -0.128. The van der Waals surface area contributed by atoms with E-state index in [-0.39, 0.29) is 10.7 Å². The summed E-state index contributed by atoms with van der Waals surface area (Å²) >= 11 is 6.37. The van der Waals surface area contributed by atoms with Crippen molar-refractivity contribution in [3.8, 4) is 0 Å². The van der Waals surface area contributed by atoms with Gasteiger partial charge in [-0.3, -0.25) is 29.7 Å². The number of nitrogens with one attached hydrogen (secondary N) is 1. The minimum atomic E-state index is -0.509. The molecule has 1 aliphatic rings. The topological polar surface area (TPSA) is 91.3 Å². The number of likely N-dealkylation sites (N-methyl/N-ethyl adjacent to an activating group) is 1. The maximum absolute atomic E-state index is 12.4. The summed E-state index contributed by atoms with van der Waals surface area (Å²) in [7, 11) is 1.52. The zero-order valence-corrected chi connectivity index (χ0v) is 16.8. The Bertz CT molecular complexity index is 1070. The largest absolute Gasteiger partial charge is 0.298 e. The first-order valence-corrected chi connectivity index (χ1v) is 9.69. The highest BCUT2D eigenvalue weighted by Gasteiger charge is 2.31. The Balaban J connectivity index is 1.72. The predicted octanol–water partition coefficient (Wildman–Crippen LogP) is 2.66. The van der Waals surface area contributed by atoms with Crippen molar-refractivity contribution < 1.29 is 9.59 Å². The lowest BCUT2D eigenvalue weighted by Gasteiger charge is -2.24. The molecule has 0 aromatic carbocycles. The van der Waals surface area contributed by atoms with Crippen LogP contribution in [-0.2, 0) is 9.59 Å². The summed E-state index contributed by atoms with van der Waals surface area (Å²) in [6.45, 7) is 0. The third-order valence-corrected chi connectivity index (χ3v) is 5.49. The molecule has 10 heteroatoms. The quantitative estimate of drug-likeness (QED) is 0.393. The maximum atomic E-state index is 12.4. The summed E-state index contributed by atoms with van der Waals surface area (Å²) in [5, 5.41) is 3.42. The molecule has 1 aliphatic heterocycles. The highest BCUT2D eigenvalue weighted by atomic mass is 32.1. The summed E-state index contributed by atoms with van der Waals surface area (Å²) < 4.78 is 0. The Morgan fingerprint density at radius 3 is 2.55 bits per heavy atom.